The van der Waals surface area contributed by atoms with Crippen LogP contribution < -0.4 is 10.1 Å². The zero-order valence-electron chi connectivity index (χ0n) is 15.4. The quantitative estimate of drug-likeness (QED) is 0.761. The van der Waals surface area contributed by atoms with E-state index in [1.165, 1.54) is 0 Å². The molecule has 138 valence electrons. The number of carbonyl (C=O) groups excluding carboxylic acids is 1. The molecule has 0 saturated carbocycles. The molecule has 5 heteroatoms. The van der Waals surface area contributed by atoms with Gasteiger partial charge in [0, 0.05) is 18.4 Å². The summed E-state index contributed by atoms with van der Waals surface area (Å²) >= 11 is 0. The molecule has 0 unspecified atom stereocenters. The van der Waals surface area contributed by atoms with Crippen molar-refractivity contribution in [2.45, 2.75) is 32.1 Å². The Balaban J connectivity index is 1.86. The van der Waals surface area contributed by atoms with Crippen LogP contribution in [0.3, 0.4) is 0 Å². The Bertz CT molecular complexity index is 766. The monoisotopic (exact) mass is 355 g/mol. The smallest absolute Gasteiger partial charge is 0.335 e. The Morgan fingerprint density at radius 3 is 2.42 bits per heavy atom. The highest BCUT2D eigenvalue weighted by molar-refractivity contribution is 5.87. The van der Waals surface area contributed by atoms with Gasteiger partial charge in [0.2, 0.25) is 5.91 Å². The van der Waals surface area contributed by atoms with Crippen LogP contribution >= 0.6 is 0 Å². The Labute approximate surface area is 154 Å². The second-order valence-electron chi connectivity index (χ2n) is 6.89. The van der Waals surface area contributed by atoms with Crippen molar-refractivity contribution in [1.29, 1.82) is 0 Å². The van der Waals surface area contributed by atoms with Crippen LogP contribution in [-0.2, 0) is 16.6 Å². The average molecular weight is 355 g/mol. The maximum atomic E-state index is 12.2. The van der Waals surface area contributed by atoms with Crippen LogP contribution in [0.25, 0.3) is 0 Å². The van der Waals surface area contributed by atoms with Crippen LogP contribution in [0.4, 0.5) is 0 Å². The number of carboxylic acid groups (broad SMARTS) is 1. The van der Waals surface area contributed by atoms with Crippen LogP contribution in [0, 0.1) is 0 Å². The van der Waals surface area contributed by atoms with Crippen molar-refractivity contribution in [3.05, 3.63) is 65.2 Å². The molecular formula is C21H25NO4. The Morgan fingerprint density at radius 1 is 1.12 bits per heavy atom. The highest BCUT2D eigenvalue weighted by atomic mass is 16.5. The van der Waals surface area contributed by atoms with Crippen molar-refractivity contribution in [2.75, 3.05) is 13.7 Å². The molecule has 26 heavy (non-hydrogen) atoms. The third-order valence-corrected chi connectivity index (χ3v) is 4.42. The number of aromatic carboxylic acids is 1. The highest BCUT2D eigenvalue weighted by Gasteiger charge is 2.21. The first-order valence-corrected chi connectivity index (χ1v) is 8.55. The predicted molar refractivity (Wildman–Crippen MR) is 101 cm³/mol. The second kappa shape index (κ2) is 8.52. The van der Waals surface area contributed by atoms with Crippen LogP contribution in [-0.4, -0.2) is 30.6 Å². The molecule has 0 aliphatic heterocycles. The molecule has 0 fully saturated rings. The molecule has 0 aliphatic carbocycles. The lowest BCUT2D eigenvalue weighted by molar-refractivity contribution is -0.121. The summed E-state index contributed by atoms with van der Waals surface area (Å²) in [6, 6.07) is 14.5. The first kappa shape index (κ1) is 19.5. The van der Waals surface area contributed by atoms with E-state index in [4.69, 9.17) is 9.84 Å². The van der Waals surface area contributed by atoms with E-state index in [2.05, 4.69) is 19.2 Å². The molecule has 2 aromatic carbocycles. The van der Waals surface area contributed by atoms with Gasteiger partial charge in [0.05, 0.1) is 12.7 Å². The molecule has 0 aromatic heterocycles. The fourth-order valence-corrected chi connectivity index (χ4v) is 2.63. The van der Waals surface area contributed by atoms with Crippen molar-refractivity contribution in [2.24, 2.45) is 0 Å². The van der Waals surface area contributed by atoms with Gasteiger partial charge in [0.15, 0.2) is 0 Å². The predicted octanol–water partition coefficient (Wildman–Crippen LogP) is 3.42. The van der Waals surface area contributed by atoms with Gasteiger partial charge in [0.1, 0.15) is 5.75 Å². The molecule has 0 saturated heterocycles. The first-order chi connectivity index (χ1) is 12.3. The van der Waals surface area contributed by atoms with Gasteiger partial charge in [-0.3, -0.25) is 4.79 Å². The molecule has 0 atom stereocenters. The fourth-order valence-electron chi connectivity index (χ4n) is 2.63. The summed E-state index contributed by atoms with van der Waals surface area (Å²) in [5, 5.41) is 11.9. The van der Waals surface area contributed by atoms with Crippen LogP contribution in [0.1, 0.15) is 41.8 Å². The van der Waals surface area contributed by atoms with Gasteiger partial charge in [-0.25, -0.2) is 4.79 Å². The normalized spacial score (nSPS) is 11.0. The maximum absolute atomic E-state index is 12.2. The van der Waals surface area contributed by atoms with Crippen molar-refractivity contribution < 1.29 is 19.4 Å². The second-order valence-corrected chi connectivity index (χ2v) is 6.89. The third kappa shape index (κ3) is 5.34. The molecule has 0 radical (unpaired) electrons. The fraction of sp³-hybridized carbons (Fsp3) is 0.333. The van der Waals surface area contributed by atoms with E-state index in [0.29, 0.717) is 19.4 Å². The summed E-state index contributed by atoms with van der Waals surface area (Å²) < 4.78 is 5.26. The maximum Gasteiger partial charge on any atom is 0.335 e. The van der Waals surface area contributed by atoms with E-state index in [0.717, 1.165) is 16.9 Å². The lowest BCUT2D eigenvalue weighted by Crippen LogP contribution is -2.36. The van der Waals surface area contributed by atoms with Gasteiger partial charge in [-0.1, -0.05) is 38.1 Å². The van der Waals surface area contributed by atoms with Gasteiger partial charge in [-0.05, 0) is 41.8 Å². The summed E-state index contributed by atoms with van der Waals surface area (Å²) in [5.41, 5.74) is 2.07. The molecule has 2 rings (SSSR count). The minimum atomic E-state index is -0.950. The Hall–Kier alpha value is -2.82. The van der Waals surface area contributed by atoms with E-state index < -0.39 is 5.97 Å². The van der Waals surface area contributed by atoms with Crippen molar-refractivity contribution >= 4 is 11.9 Å². The van der Waals surface area contributed by atoms with Crippen LogP contribution in [0.15, 0.2) is 48.5 Å². The number of ether oxygens (including phenoxy) is 1. The number of carbonyl (C=O) groups is 2. The summed E-state index contributed by atoms with van der Waals surface area (Å²) in [6.45, 7) is 4.68. The van der Waals surface area contributed by atoms with Gasteiger partial charge in [-0.2, -0.15) is 0 Å². The topological polar surface area (TPSA) is 75.6 Å². The molecule has 5 nitrogen and oxygen atoms in total. The molecule has 0 bridgehead atoms. The first-order valence-electron chi connectivity index (χ1n) is 8.55. The largest absolute Gasteiger partial charge is 0.497 e. The van der Waals surface area contributed by atoms with Crippen LogP contribution in [0.5, 0.6) is 5.75 Å². The van der Waals surface area contributed by atoms with E-state index >= 15 is 0 Å². The number of nitrogens with one attached hydrogen (secondary N) is 1. The molecular weight excluding hydrogens is 330 g/mol. The number of hydrogen-bond acceptors (Lipinski definition) is 3. The lowest BCUT2D eigenvalue weighted by Gasteiger charge is -2.26. The van der Waals surface area contributed by atoms with Gasteiger partial charge >= 0.3 is 5.97 Å². The van der Waals surface area contributed by atoms with E-state index in [-0.39, 0.29) is 16.9 Å². The molecule has 2 N–H and O–H groups in total. The standard InChI is InChI=1S/C21H25NO4/c1-21(2,17-5-4-6-18(13-17)26-3)14-22-19(23)12-9-15-7-10-16(11-8-15)20(24)25/h4-8,10-11,13H,9,12,14H2,1-3H3,(H,22,23)(H,24,25). The summed E-state index contributed by atoms with van der Waals surface area (Å²) in [4.78, 5) is 23.0. The molecule has 0 aliphatic rings. The number of amides is 1. The van der Waals surface area contributed by atoms with Crippen LogP contribution in [0.2, 0.25) is 0 Å². The zero-order chi connectivity index (χ0) is 19.2. The molecule has 2 aromatic rings. The highest BCUT2D eigenvalue weighted by Crippen LogP contribution is 2.25. The third-order valence-electron chi connectivity index (χ3n) is 4.42. The van der Waals surface area contributed by atoms with Gasteiger partial charge < -0.3 is 15.2 Å². The van der Waals surface area contributed by atoms with Crippen molar-refractivity contribution in [1.82, 2.24) is 5.32 Å². The summed E-state index contributed by atoms with van der Waals surface area (Å²) in [5.74, 6) is -0.177. The Kier molecular flexibility index (Phi) is 6.39. The van der Waals surface area contributed by atoms with Gasteiger partial charge in [0.25, 0.3) is 0 Å². The minimum Gasteiger partial charge on any atom is -0.497 e. The lowest BCUT2D eigenvalue weighted by atomic mass is 9.84. The number of benzene rings is 2. The Morgan fingerprint density at radius 2 is 1.81 bits per heavy atom. The number of carboxylic acids is 1. The molecule has 1 amide bonds. The number of aryl methyl sites for hydroxylation is 1. The average Bonchev–Trinajstić information content (AvgIpc) is 2.65. The van der Waals surface area contributed by atoms with Gasteiger partial charge in [-0.15, -0.1) is 0 Å². The minimum absolute atomic E-state index is 0.0247. The zero-order valence-corrected chi connectivity index (χ0v) is 15.4. The van der Waals surface area contributed by atoms with E-state index in [1.807, 2.05) is 24.3 Å². The summed E-state index contributed by atoms with van der Waals surface area (Å²) in [7, 11) is 1.64. The number of rotatable bonds is 8. The summed E-state index contributed by atoms with van der Waals surface area (Å²) in [6.07, 6.45) is 0.936. The molecule has 0 heterocycles. The van der Waals surface area contributed by atoms with Crippen molar-refractivity contribution in [3.63, 3.8) is 0 Å². The van der Waals surface area contributed by atoms with E-state index in [1.54, 1.807) is 31.4 Å². The number of methoxy groups -OCH3 is 1. The van der Waals surface area contributed by atoms with Crippen molar-refractivity contribution in [3.8, 4) is 5.75 Å². The van der Waals surface area contributed by atoms with E-state index in [9.17, 15) is 9.59 Å². The SMILES string of the molecule is COc1cccc(C(C)(C)CNC(=O)CCc2ccc(C(=O)O)cc2)c1. The number of hydrogen-bond donors (Lipinski definition) is 2. The molecule has 0 spiro atoms.